The molecule has 6 heteroatoms. The fraction of sp³-hybridized carbons (Fsp3) is 0.0411. The number of aromatic nitrogens is 3. The van der Waals surface area contributed by atoms with Crippen molar-refractivity contribution < 1.29 is 29.7 Å². The molecule has 0 saturated heterocycles. The molecule has 0 aliphatic carbocycles. The van der Waals surface area contributed by atoms with E-state index in [9.17, 15) is 9.59 Å². The van der Waals surface area contributed by atoms with Crippen LogP contribution in [0.3, 0.4) is 0 Å². The van der Waals surface area contributed by atoms with Crippen LogP contribution in [0, 0.1) is 6.07 Å². The van der Waals surface area contributed by atoms with Crippen LogP contribution < -0.4 is 0 Å². The Morgan fingerprint density at radius 1 is 0.418 bits per heavy atom. The zero-order chi connectivity index (χ0) is 53.0. The Hall–Kier alpha value is -9.45. The first-order valence-electron chi connectivity index (χ1n) is 26.2. The molecule has 5 nitrogen and oxygen atoms in total. The van der Waals surface area contributed by atoms with E-state index < -0.39 is 0 Å². The van der Waals surface area contributed by atoms with Crippen LogP contribution in [0.4, 0.5) is 0 Å². The molecule has 1 radical (unpaired) electrons. The summed E-state index contributed by atoms with van der Waals surface area (Å²) in [5.74, 6) is 0.808. The third-order valence-electron chi connectivity index (χ3n) is 14.3. The second-order valence-corrected chi connectivity index (χ2v) is 19.6. The van der Waals surface area contributed by atoms with Gasteiger partial charge in [0.1, 0.15) is 17.4 Å². The standard InChI is InChI=1S/C53H34N2.C15H10N.C5H8O2.Ir/c1-2-16-44(17-3-1)55-50-21-11-10-20-49(50)54-53(55)38-26-22-37(23-27-38)41-30-31-47-48(34-41)52(43-29-25-36-13-5-7-15-40(36)33-43)46-19-9-8-18-45(46)51(47)42-28-24-35-12-4-6-14-39(35)32-42;1-2-7-13(8-3-1)15-14-9-5-4-6-12(14)10-11-16-15;1-4(6)3-5(2)7;/h1-34H;1-7,9-11H;3H2,1-2H3;/q;-1;;. The molecular weight excluding hydrogens is 1140 g/mol. The summed E-state index contributed by atoms with van der Waals surface area (Å²) < 4.78 is 2.26. The Labute approximate surface area is 472 Å². The van der Waals surface area contributed by atoms with E-state index in [1.807, 2.05) is 48.7 Å². The van der Waals surface area contributed by atoms with Crippen LogP contribution in [0.25, 0.3) is 127 Å². The van der Waals surface area contributed by atoms with Gasteiger partial charge in [-0.15, -0.1) is 35.9 Å². The Morgan fingerprint density at radius 3 is 1.54 bits per heavy atom. The van der Waals surface area contributed by atoms with Crippen LogP contribution in [0.2, 0.25) is 0 Å². The number of carbonyl (C=O) groups is 2. The molecule has 14 aromatic rings. The maximum atomic E-state index is 10.0. The SMILES string of the molecule is CC(=O)CC(C)=O.[Ir].[c-]1ccccc1-c1nccc2ccccc12.c1ccc(-n2c(-c3ccc(-c4ccc5c(-c6ccc7ccccc7c6)c6ccccc6c(-c6ccc7ccccc7c6)c5c4)cc3)nc3ccccc32)cc1. The van der Waals surface area contributed by atoms with Crippen LogP contribution in [0.1, 0.15) is 20.3 Å². The quantitative estimate of drug-likeness (QED) is 0.0864. The number of ketones is 2. The van der Waals surface area contributed by atoms with E-state index in [0.717, 1.165) is 44.9 Å². The van der Waals surface area contributed by atoms with Gasteiger partial charge in [-0.2, -0.15) is 0 Å². The summed E-state index contributed by atoms with van der Waals surface area (Å²) in [6.45, 7) is 2.81. The average molecular weight is 1200 g/mol. The van der Waals surface area contributed by atoms with Crippen molar-refractivity contribution in [2.24, 2.45) is 0 Å². The van der Waals surface area contributed by atoms with Crippen molar-refractivity contribution in [3.05, 3.63) is 273 Å². The van der Waals surface area contributed by atoms with Gasteiger partial charge in [0.05, 0.1) is 17.5 Å². The van der Waals surface area contributed by atoms with Gasteiger partial charge in [0.2, 0.25) is 0 Å². The molecule has 0 amide bonds. The van der Waals surface area contributed by atoms with Gasteiger partial charge in [0.25, 0.3) is 0 Å². The number of nitrogens with zero attached hydrogens (tertiary/aromatic N) is 3. The summed E-state index contributed by atoms with van der Waals surface area (Å²) >= 11 is 0. The minimum Gasteiger partial charge on any atom is -0.304 e. The van der Waals surface area contributed by atoms with E-state index in [2.05, 4.69) is 234 Å². The minimum absolute atomic E-state index is 0. The van der Waals surface area contributed by atoms with Gasteiger partial charge in [-0.25, -0.2) is 4.98 Å². The van der Waals surface area contributed by atoms with Crippen LogP contribution >= 0.6 is 0 Å². The number of rotatable bonds is 8. The van der Waals surface area contributed by atoms with E-state index in [1.165, 1.54) is 95.5 Å². The largest absolute Gasteiger partial charge is 0.304 e. The molecule has 0 spiro atoms. The minimum atomic E-state index is -0.0625. The average Bonchev–Trinajstić information content (AvgIpc) is 3.99. The first kappa shape index (κ1) is 51.6. The van der Waals surface area contributed by atoms with Crippen molar-refractivity contribution in [2.45, 2.75) is 20.3 Å². The maximum Gasteiger partial charge on any atom is 0.145 e. The number of hydrogen-bond acceptors (Lipinski definition) is 4. The summed E-state index contributed by atoms with van der Waals surface area (Å²) in [6, 6.07) is 96.3. The van der Waals surface area contributed by atoms with Crippen LogP contribution in [0.5, 0.6) is 0 Å². The zero-order valence-electron chi connectivity index (χ0n) is 43.6. The van der Waals surface area contributed by atoms with Gasteiger partial charge in [-0.1, -0.05) is 188 Å². The molecule has 0 fully saturated rings. The number of hydrogen-bond donors (Lipinski definition) is 0. The van der Waals surface area contributed by atoms with E-state index in [4.69, 9.17) is 4.98 Å². The van der Waals surface area contributed by atoms with Gasteiger partial charge in [0, 0.05) is 37.6 Å². The Bertz CT molecular complexity index is 4510. The Morgan fingerprint density at radius 2 is 0.924 bits per heavy atom. The molecule has 381 valence electrons. The predicted molar refractivity (Wildman–Crippen MR) is 325 cm³/mol. The van der Waals surface area contributed by atoms with Crippen molar-refractivity contribution in [2.75, 3.05) is 0 Å². The topological polar surface area (TPSA) is 64.8 Å². The number of Topliss-reactive ketones (excluding diaryl/α,β-unsaturated/α-hetero) is 2. The second kappa shape index (κ2) is 23.0. The Kier molecular flexibility index (Phi) is 15.1. The van der Waals surface area contributed by atoms with Gasteiger partial charge in [0.15, 0.2) is 0 Å². The van der Waals surface area contributed by atoms with Crippen molar-refractivity contribution in [1.82, 2.24) is 14.5 Å². The molecule has 14 rings (SSSR count). The molecule has 0 aliphatic rings. The van der Waals surface area contributed by atoms with E-state index in [1.54, 1.807) is 0 Å². The number of carbonyl (C=O) groups excluding carboxylic acids is 2. The van der Waals surface area contributed by atoms with Gasteiger partial charge >= 0.3 is 0 Å². The second-order valence-electron chi connectivity index (χ2n) is 19.6. The summed E-state index contributed by atoms with van der Waals surface area (Å²) in [5.41, 5.74) is 13.6. The number of pyridine rings is 1. The number of para-hydroxylation sites is 3. The van der Waals surface area contributed by atoms with Crippen molar-refractivity contribution in [1.29, 1.82) is 0 Å². The molecule has 0 N–H and O–H groups in total. The number of fused-ring (bicyclic) bond motifs is 6. The zero-order valence-corrected chi connectivity index (χ0v) is 46.0. The van der Waals surface area contributed by atoms with Crippen LogP contribution in [-0.4, -0.2) is 26.1 Å². The molecule has 0 aliphatic heterocycles. The summed E-state index contributed by atoms with van der Waals surface area (Å²) in [5, 5.41) is 12.4. The molecule has 0 unspecified atom stereocenters. The van der Waals surface area contributed by atoms with Crippen LogP contribution in [-0.2, 0) is 29.7 Å². The number of benzene rings is 12. The van der Waals surface area contributed by atoms with Crippen molar-refractivity contribution in [3.63, 3.8) is 0 Å². The molecular formula is C73H52IrN3O2-. The van der Waals surface area contributed by atoms with Crippen LogP contribution in [0.15, 0.2) is 267 Å². The smallest absolute Gasteiger partial charge is 0.145 e. The van der Waals surface area contributed by atoms with Gasteiger partial charge in [-0.3, -0.25) is 14.2 Å². The van der Waals surface area contributed by atoms with Gasteiger partial charge < -0.3 is 4.98 Å². The predicted octanol–water partition coefficient (Wildman–Crippen LogP) is 18.6. The van der Waals surface area contributed by atoms with Gasteiger partial charge in [-0.05, 0) is 155 Å². The number of imidazole rings is 1. The fourth-order valence-electron chi connectivity index (χ4n) is 10.8. The molecule has 2 heterocycles. The molecule has 79 heavy (non-hydrogen) atoms. The third-order valence-corrected chi connectivity index (χ3v) is 14.3. The molecule has 0 saturated carbocycles. The maximum absolute atomic E-state index is 10.0. The van der Waals surface area contributed by atoms with Crippen molar-refractivity contribution in [3.8, 4) is 61.7 Å². The first-order valence-corrected chi connectivity index (χ1v) is 26.2. The first-order chi connectivity index (χ1) is 38.3. The summed E-state index contributed by atoms with van der Waals surface area (Å²) in [4.78, 5) is 29.6. The summed E-state index contributed by atoms with van der Waals surface area (Å²) in [6.07, 6.45) is 1.93. The Balaban J connectivity index is 0.000000228. The normalized spacial score (nSPS) is 11.0. The van der Waals surface area contributed by atoms with E-state index in [-0.39, 0.29) is 38.1 Å². The van der Waals surface area contributed by atoms with Crippen molar-refractivity contribution >= 4 is 76.5 Å². The summed E-state index contributed by atoms with van der Waals surface area (Å²) in [7, 11) is 0. The molecule has 12 aromatic carbocycles. The molecule has 2 aromatic heterocycles. The molecule has 0 atom stereocenters. The van der Waals surface area contributed by atoms with E-state index in [0.29, 0.717) is 0 Å². The molecule has 0 bridgehead atoms. The fourth-order valence-corrected chi connectivity index (χ4v) is 10.8. The monoisotopic (exact) mass is 1200 g/mol. The van der Waals surface area contributed by atoms with E-state index >= 15 is 0 Å². The third kappa shape index (κ3) is 10.7.